The SMILES string of the molecule is Cc1cc(N2CCN(C(=O)c3sccc3C)CC2)n2ncnc2n1. The fourth-order valence-electron chi connectivity index (χ4n) is 3.01. The molecule has 3 aromatic heterocycles. The highest BCUT2D eigenvalue weighted by molar-refractivity contribution is 7.12. The zero-order chi connectivity index (χ0) is 16.7. The summed E-state index contributed by atoms with van der Waals surface area (Å²) >= 11 is 1.52. The van der Waals surface area contributed by atoms with Crippen molar-refractivity contribution in [3.05, 3.63) is 40.0 Å². The smallest absolute Gasteiger partial charge is 0.264 e. The molecule has 0 aliphatic carbocycles. The Morgan fingerprint density at radius 1 is 1.21 bits per heavy atom. The molecule has 24 heavy (non-hydrogen) atoms. The molecule has 1 fully saturated rings. The van der Waals surface area contributed by atoms with E-state index >= 15 is 0 Å². The van der Waals surface area contributed by atoms with E-state index in [-0.39, 0.29) is 5.91 Å². The molecule has 0 N–H and O–H groups in total. The number of hydrogen-bond acceptors (Lipinski definition) is 6. The van der Waals surface area contributed by atoms with Crippen LogP contribution in [0.1, 0.15) is 20.9 Å². The molecular weight excluding hydrogens is 324 g/mol. The van der Waals surface area contributed by atoms with Gasteiger partial charge in [0.05, 0.1) is 4.88 Å². The average Bonchev–Trinajstić information content (AvgIpc) is 3.22. The van der Waals surface area contributed by atoms with E-state index in [0.29, 0.717) is 18.9 Å². The van der Waals surface area contributed by atoms with Gasteiger partial charge >= 0.3 is 0 Å². The summed E-state index contributed by atoms with van der Waals surface area (Å²) in [5.41, 5.74) is 1.97. The van der Waals surface area contributed by atoms with E-state index in [1.54, 1.807) is 4.52 Å². The maximum absolute atomic E-state index is 12.6. The van der Waals surface area contributed by atoms with E-state index in [2.05, 4.69) is 20.0 Å². The van der Waals surface area contributed by atoms with E-state index in [0.717, 1.165) is 35.0 Å². The number of fused-ring (bicyclic) bond motifs is 1. The van der Waals surface area contributed by atoms with Crippen LogP contribution in [-0.4, -0.2) is 56.6 Å². The molecule has 0 aromatic carbocycles. The van der Waals surface area contributed by atoms with Gasteiger partial charge in [-0.15, -0.1) is 11.3 Å². The Hall–Kier alpha value is -2.48. The molecule has 1 saturated heterocycles. The van der Waals surface area contributed by atoms with Crippen LogP contribution >= 0.6 is 11.3 Å². The van der Waals surface area contributed by atoms with E-state index in [9.17, 15) is 4.79 Å². The Morgan fingerprint density at radius 3 is 2.71 bits per heavy atom. The number of carbonyl (C=O) groups is 1. The number of piperazine rings is 1. The van der Waals surface area contributed by atoms with Crippen LogP contribution in [0.3, 0.4) is 0 Å². The number of nitrogens with zero attached hydrogens (tertiary/aromatic N) is 6. The first-order chi connectivity index (χ1) is 11.6. The maximum Gasteiger partial charge on any atom is 0.264 e. The minimum atomic E-state index is 0.138. The van der Waals surface area contributed by atoms with Gasteiger partial charge in [-0.1, -0.05) is 0 Å². The zero-order valence-corrected chi connectivity index (χ0v) is 14.5. The van der Waals surface area contributed by atoms with E-state index in [1.165, 1.54) is 17.7 Å². The molecule has 0 atom stereocenters. The van der Waals surface area contributed by atoms with Crippen molar-refractivity contribution >= 4 is 28.8 Å². The predicted octanol–water partition coefficient (Wildman–Crippen LogP) is 1.77. The topological polar surface area (TPSA) is 66.6 Å². The maximum atomic E-state index is 12.6. The lowest BCUT2D eigenvalue weighted by Crippen LogP contribution is -2.49. The highest BCUT2D eigenvalue weighted by Crippen LogP contribution is 2.21. The van der Waals surface area contributed by atoms with Crippen LogP contribution in [0.15, 0.2) is 23.8 Å². The Bertz CT molecular complexity index is 893. The molecule has 1 aliphatic rings. The summed E-state index contributed by atoms with van der Waals surface area (Å²) < 4.78 is 1.76. The summed E-state index contributed by atoms with van der Waals surface area (Å²) in [5.74, 6) is 1.73. The van der Waals surface area contributed by atoms with E-state index < -0.39 is 0 Å². The summed E-state index contributed by atoms with van der Waals surface area (Å²) in [6, 6.07) is 4.01. The minimum Gasteiger partial charge on any atom is -0.353 e. The normalized spacial score (nSPS) is 15.2. The van der Waals surface area contributed by atoms with Crippen molar-refractivity contribution in [2.24, 2.45) is 0 Å². The second kappa shape index (κ2) is 5.86. The minimum absolute atomic E-state index is 0.138. The molecule has 4 rings (SSSR count). The van der Waals surface area contributed by atoms with Crippen molar-refractivity contribution in [1.82, 2.24) is 24.5 Å². The van der Waals surface area contributed by atoms with Crippen molar-refractivity contribution < 1.29 is 4.79 Å². The molecule has 0 spiro atoms. The standard InChI is InChI=1S/C16H18N6OS/c1-11-3-8-24-14(11)15(23)21-6-4-20(5-7-21)13-9-12(2)19-16-17-10-18-22(13)16/h3,8-10H,4-7H2,1-2H3. The highest BCUT2D eigenvalue weighted by atomic mass is 32.1. The average molecular weight is 342 g/mol. The monoisotopic (exact) mass is 342 g/mol. The molecule has 3 aromatic rings. The third kappa shape index (κ3) is 2.52. The quantitative estimate of drug-likeness (QED) is 0.710. The van der Waals surface area contributed by atoms with Crippen LogP contribution in [0.25, 0.3) is 5.78 Å². The fourth-order valence-corrected chi connectivity index (χ4v) is 3.90. The van der Waals surface area contributed by atoms with Gasteiger partial charge in [0.15, 0.2) is 0 Å². The van der Waals surface area contributed by atoms with Gasteiger partial charge in [0.1, 0.15) is 12.1 Å². The van der Waals surface area contributed by atoms with Crippen molar-refractivity contribution in [2.75, 3.05) is 31.1 Å². The number of anilines is 1. The zero-order valence-electron chi connectivity index (χ0n) is 13.6. The number of amides is 1. The number of hydrogen-bond donors (Lipinski definition) is 0. The lowest BCUT2D eigenvalue weighted by atomic mass is 10.2. The van der Waals surface area contributed by atoms with Crippen molar-refractivity contribution in [3.8, 4) is 0 Å². The number of aryl methyl sites for hydroxylation is 2. The molecule has 4 heterocycles. The molecule has 7 nitrogen and oxygen atoms in total. The van der Waals surface area contributed by atoms with Gasteiger partial charge in [-0.25, -0.2) is 4.98 Å². The number of rotatable bonds is 2. The Kier molecular flexibility index (Phi) is 3.68. The van der Waals surface area contributed by atoms with Gasteiger partial charge in [0.25, 0.3) is 11.7 Å². The van der Waals surface area contributed by atoms with Gasteiger partial charge < -0.3 is 9.80 Å². The fraction of sp³-hybridized carbons (Fsp3) is 0.375. The lowest BCUT2D eigenvalue weighted by Gasteiger charge is -2.35. The molecule has 0 saturated carbocycles. The third-order valence-corrected chi connectivity index (χ3v) is 5.31. The van der Waals surface area contributed by atoms with Gasteiger partial charge in [-0.3, -0.25) is 4.79 Å². The largest absolute Gasteiger partial charge is 0.353 e. The van der Waals surface area contributed by atoms with Gasteiger partial charge in [0.2, 0.25) is 0 Å². The number of thiophene rings is 1. The first-order valence-electron chi connectivity index (χ1n) is 7.89. The molecule has 0 bridgehead atoms. The molecular formula is C16H18N6OS. The van der Waals surface area contributed by atoms with Crippen molar-refractivity contribution in [3.63, 3.8) is 0 Å². The summed E-state index contributed by atoms with van der Waals surface area (Å²) in [6.45, 7) is 6.89. The van der Waals surface area contributed by atoms with Crippen LogP contribution in [-0.2, 0) is 0 Å². The first-order valence-corrected chi connectivity index (χ1v) is 8.77. The summed E-state index contributed by atoms with van der Waals surface area (Å²) in [4.78, 5) is 26.2. The van der Waals surface area contributed by atoms with Crippen LogP contribution < -0.4 is 4.90 Å². The molecule has 124 valence electrons. The van der Waals surface area contributed by atoms with Crippen LogP contribution in [0, 0.1) is 13.8 Å². The van der Waals surface area contributed by atoms with Gasteiger partial charge in [0, 0.05) is 37.9 Å². The molecule has 0 radical (unpaired) electrons. The van der Waals surface area contributed by atoms with Crippen molar-refractivity contribution in [1.29, 1.82) is 0 Å². The lowest BCUT2D eigenvalue weighted by molar-refractivity contribution is 0.0750. The Morgan fingerprint density at radius 2 is 2.00 bits per heavy atom. The van der Waals surface area contributed by atoms with Crippen LogP contribution in [0.5, 0.6) is 0 Å². The van der Waals surface area contributed by atoms with Crippen molar-refractivity contribution in [2.45, 2.75) is 13.8 Å². The highest BCUT2D eigenvalue weighted by Gasteiger charge is 2.25. The first kappa shape index (κ1) is 15.1. The number of aromatic nitrogens is 4. The van der Waals surface area contributed by atoms with Gasteiger partial charge in [-0.2, -0.15) is 14.6 Å². The van der Waals surface area contributed by atoms with E-state index in [1.807, 2.05) is 36.3 Å². The Labute approximate surface area is 143 Å². The van der Waals surface area contributed by atoms with Crippen LogP contribution in [0.4, 0.5) is 5.82 Å². The second-order valence-corrected chi connectivity index (χ2v) is 6.86. The number of carbonyl (C=O) groups excluding carboxylic acids is 1. The third-order valence-electron chi connectivity index (χ3n) is 4.31. The van der Waals surface area contributed by atoms with E-state index in [4.69, 9.17) is 0 Å². The summed E-state index contributed by atoms with van der Waals surface area (Å²) in [6.07, 6.45) is 1.52. The molecule has 1 amide bonds. The summed E-state index contributed by atoms with van der Waals surface area (Å²) in [7, 11) is 0. The Balaban J connectivity index is 1.53. The predicted molar refractivity (Wildman–Crippen MR) is 92.7 cm³/mol. The summed E-state index contributed by atoms with van der Waals surface area (Å²) in [5, 5.41) is 6.24. The second-order valence-electron chi connectivity index (χ2n) is 5.94. The van der Waals surface area contributed by atoms with Gasteiger partial charge in [-0.05, 0) is 30.9 Å². The molecule has 0 unspecified atom stereocenters. The molecule has 1 aliphatic heterocycles. The molecule has 8 heteroatoms. The van der Waals surface area contributed by atoms with Crippen LogP contribution in [0.2, 0.25) is 0 Å².